The molecule has 0 spiro atoms. The molecule has 1 aliphatic heterocycles. The predicted molar refractivity (Wildman–Crippen MR) is 105 cm³/mol. The highest BCUT2D eigenvalue weighted by Gasteiger charge is 2.31. The number of nitrogens with one attached hydrogen (secondary N) is 1. The average molecular weight is 352 g/mol. The minimum Gasteiger partial charge on any atom is -0.342 e. The lowest BCUT2D eigenvalue weighted by Gasteiger charge is -2.36. The number of carbonyl (C=O) groups excluding carboxylic acids is 1. The first-order valence-electron chi connectivity index (χ1n) is 9.29. The second kappa shape index (κ2) is 7.44. The first-order chi connectivity index (χ1) is 12.3. The summed E-state index contributed by atoms with van der Waals surface area (Å²) in [6.07, 6.45) is 3.86. The summed E-state index contributed by atoms with van der Waals surface area (Å²) in [7, 11) is 0. The monoisotopic (exact) mass is 352 g/mol. The molecule has 5 nitrogen and oxygen atoms in total. The SMILES string of the molecule is Cc1ccc(Nc2nccc(C3CCCN(C(=O)C(C)(C)C)C3)n2)cc1. The van der Waals surface area contributed by atoms with Gasteiger partial charge in [0.05, 0.1) is 5.69 Å². The number of piperidine rings is 1. The molecule has 1 saturated heterocycles. The van der Waals surface area contributed by atoms with Gasteiger partial charge >= 0.3 is 0 Å². The van der Waals surface area contributed by atoms with Crippen molar-refractivity contribution in [1.82, 2.24) is 14.9 Å². The van der Waals surface area contributed by atoms with Gasteiger partial charge in [-0.05, 0) is 38.0 Å². The highest BCUT2D eigenvalue weighted by atomic mass is 16.2. The van der Waals surface area contributed by atoms with Crippen molar-refractivity contribution >= 4 is 17.5 Å². The Balaban J connectivity index is 1.73. The molecule has 0 bridgehead atoms. The molecule has 1 amide bonds. The normalized spacial score (nSPS) is 17.8. The number of rotatable bonds is 3. The van der Waals surface area contributed by atoms with Crippen LogP contribution in [0.25, 0.3) is 0 Å². The third-order valence-electron chi connectivity index (χ3n) is 4.75. The molecular weight excluding hydrogens is 324 g/mol. The van der Waals surface area contributed by atoms with Crippen LogP contribution in [0, 0.1) is 12.3 Å². The molecule has 26 heavy (non-hydrogen) atoms. The van der Waals surface area contributed by atoms with E-state index in [-0.39, 0.29) is 17.2 Å². The van der Waals surface area contributed by atoms with Crippen LogP contribution < -0.4 is 5.32 Å². The zero-order chi connectivity index (χ0) is 18.7. The summed E-state index contributed by atoms with van der Waals surface area (Å²) >= 11 is 0. The van der Waals surface area contributed by atoms with Gasteiger partial charge < -0.3 is 10.2 Å². The predicted octanol–water partition coefficient (Wildman–Crippen LogP) is 4.28. The second-order valence-corrected chi connectivity index (χ2v) is 8.14. The van der Waals surface area contributed by atoms with Crippen molar-refractivity contribution in [3.05, 3.63) is 47.8 Å². The van der Waals surface area contributed by atoms with E-state index in [0.29, 0.717) is 5.95 Å². The van der Waals surface area contributed by atoms with Gasteiger partial charge in [-0.25, -0.2) is 9.97 Å². The Bertz CT molecular complexity index is 764. The van der Waals surface area contributed by atoms with Crippen LogP contribution in [-0.2, 0) is 4.79 Å². The third-order valence-corrected chi connectivity index (χ3v) is 4.75. The molecule has 138 valence electrons. The van der Waals surface area contributed by atoms with Crippen molar-refractivity contribution in [2.75, 3.05) is 18.4 Å². The van der Waals surface area contributed by atoms with Gasteiger partial charge in [0.25, 0.3) is 0 Å². The fraction of sp³-hybridized carbons (Fsp3) is 0.476. The smallest absolute Gasteiger partial charge is 0.227 e. The average Bonchev–Trinajstić information content (AvgIpc) is 2.63. The van der Waals surface area contributed by atoms with E-state index >= 15 is 0 Å². The van der Waals surface area contributed by atoms with Crippen LogP contribution >= 0.6 is 0 Å². The number of hydrogen-bond donors (Lipinski definition) is 1. The lowest BCUT2D eigenvalue weighted by molar-refractivity contribution is -0.140. The molecule has 5 heteroatoms. The number of hydrogen-bond acceptors (Lipinski definition) is 4. The van der Waals surface area contributed by atoms with E-state index in [1.807, 2.05) is 43.9 Å². The van der Waals surface area contributed by atoms with Crippen molar-refractivity contribution in [2.24, 2.45) is 5.41 Å². The lowest BCUT2D eigenvalue weighted by atomic mass is 9.90. The summed E-state index contributed by atoms with van der Waals surface area (Å²) in [4.78, 5) is 23.7. The number of aromatic nitrogens is 2. The molecule has 1 N–H and O–H groups in total. The topological polar surface area (TPSA) is 58.1 Å². The van der Waals surface area contributed by atoms with Gasteiger partial charge in [0.1, 0.15) is 0 Å². The Labute approximate surface area is 155 Å². The maximum atomic E-state index is 12.6. The van der Waals surface area contributed by atoms with Crippen LogP contribution in [0.3, 0.4) is 0 Å². The van der Waals surface area contributed by atoms with E-state index in [0.717, 1.165) is 37.3 Å². The first kappa shape index (κ1) is 18.4. The highest BCUT2D eigenvalue weighted by molar-refractivity contribution is 5.81. The molecule has 1 fully saturated rings. The molecule has 1 aromatic heterocycles. The van der Waals surface area contributed by atoms with E-state index in [1.165, 1.54) is 5.56 Å². The minimum atomic E-state index is -0.342. The van der Waals surface area contributed by atoms with Gasteiger partial charge in [-0.2, -0.15) is 0 Å². The van der Waals surface area contributed by atoms with Gasteiger partial charge in [-0.15, -0.1) is 0 Å². The Hall–Kier alpha value is -2.43. The second-order valence-electron chi connectivity index (χ2n) is 8.14. The molecule has 0 saturated carbocycles. The van der Waals surface area contributed by atoms with Gasteiger partial charge in [0.15, 0.2) is 0 Å². The van der Waals surface area contributed by atoms with E-state index in [9.17, 15) is 4.79 Å². The minimum absolute atomic E-state index is 0.217. The van der Waals surface area contributed by atoms with E-state index in [4.69, 9.17) is 4.98 Å². The van der Waals surface area contributed by atoms with Crippen molar-refractivity contribution in [1.29, 1.82) is 0 Å². The van der Waals surface area contributed by atoms with Crippen LogP contribution in [-0.4, -0.2) is 33.9 Å². The Morgan fingerprint density at radius 2 is 1.92 bits per heavy atom. The van der Waals surface area contributed by atoms with E-state index < -0.39 is 0 Å². The zero-order valence-electron chi connectivity index (χ0n) is 16.1. The molecule has 2 aromatic rings. The highest BCUT2D eigenvalue weighted by Crippen LogP contribution is 2.29. The Kier molecular flexibility index (Phi) is 5.25. The number of aryl methyl sites for hydroxylation is 1. The van der Waals surface area contributed by atoms with Crippen LogP contribution in [0.5, 0.6) is 0 Å². The van der Waals surface area contributed by atoms with Crippen LogP contribution in [0.15, 0.2) is 36.5 Å². The zero-order valence-corrected chi connectivity index (χ0v) is 16.1. The van der Waals surface area contributed by atoms with E-state index in [2.05, 4.69) is 29.4 Å². The Morgan fingerprint density at radius 1 is 1.19 bits per heavy atom. The third kappa shape index (κ3) is 4.40. The summed E-state index contributed by atoms with van der Waals surface area (Å²) in [5.74, 6) is 1.08. The van der Waals surface area contributed by atoms with Crippen molar-refractivity contribution in [2.45, 2.75) is 46.5 Å². The fourth-order valence-corrected chi connectivity index (χ4v) is 3.30. The molecule has 1 aliphatic rings. The van der Waals surface area contributed by atoms with Crippen LogP contribution in [0.1, 0.15) is 50.8 Å². The molecule has 2 heterocycles. The number of amides is 1. The Morgan fingerprint density at radius 3 is 2.62 bits per heavy atom. The van der Waals surface area contributed by atoms with Gasteiger partial charge in [0, 0.05) is 36.3 Å². The number of anilines is 2. The summed E-state index contributed by atoms with van der Waals surface area (Å²) in [6.45, 7) is 9.57. The quantitative estimate of drug-likeness (QED) is 0.896. The maximum Gasteiger partial charge on any atom is 0.227 e. The molecule has 1 atom stereocenters. The van der Waals surface area contributed by atoms with Gasteiger partial charge in [0.2, 0.25) is 11.9 Å². The number of benzene rings is 1. The molecule has 1 aromatic carbocycles. The summed E-state index contributed by atoms with van der Waals surface area (Å²) in [6, 6.07) is 10.1. The molecular formula is C21H28N4O. The maximum absolute atomic E-state index is 12.6. The van der Waals surface area contributed by atoms with Gasteiger partial charge in [-0.1, -0.05) is 38.5 Å². The van der Waals surface area contributed by atoms with Crippen molar-refractivity contribution in [3.63, 3.8) is 0 Å². The van der Waals surface area contributed by atoms with Crippen molar-refractivity contribution in [3.8, 4) is 0 Å². The fourth-order valence-electron chi connectivity index (χ4n) is 3.30. The first-order valence-corrected chi connectivity index (χ1v) is 9.29. The molecule has 0 aliphatic carbocycles. The largest absolute Gasteiger partial charge is 0.342 e. The van der Waals surface area contributed by atoms with Gasteiger partial charge in [-0.3, -0.25) is 4.79 Å². The summed E-state index contributed by atoms with van der Waals surface area (Å²) < 4.78 is 0. The number of carbonyl (C=O) groups is 1. The van der Waals surface area contributed by atoms with Crippen LogP contribution in [0.2, 0.25) is 0 Å². The lowest BCUT2D eigenvalue weighted by Crippen LogP contribution is -2.44. The molecule has 0 radical (unpaired) electrons. The number of likely N-dealkylation sites (tertiary alicyclic amines) is 1. The van der Waals surface area contributed by atoms with E-state index in [1.54, 1.807) is 6.20 Å². The molecule has 3 rings (SSSR count). The summed E-state index contributed by atoms with van der Waals surface area (Å²) in [5, 5.41) is 3.27. The molecule has 1 unspecified atom stereocenters. The van der Waals surface area contributed by atoms with Crippen LogP contribution in [0.4, 0.5) is 11.6 Å². The number of nitrogens with zero attached hydrogens (tertiary/aromatic N) is 3. The van der Waals surface area contributed by atoms with Crippen molar-refractivity contribution < 1.29 is 4.79 Å². The summed E-state index contributed by atoms with van der Waals surface area (Å²) in [5.41, 5.74) is 2.85. The standard InChI is InChI=1S/C21H28N4O/c1-15-7-9-17(10-8-15)23-20-22-12-11-18(24-20)16-6-5-13-25(14-16)19(26)21(2,3)4/h7-12,16H,5-6,13-14H2,1-4H3,(H,22,23,24).